The van der Waals surface area contributed by atoms with Crippen molar-refractivity contribution in [2.45, 2.75) is 64.8 Å². The van der Waals surface area contributed by atoms with Crippen LogP contribution in [0.3, 0.4) is 0 Å². The van der Waals surface area contributed by atoms with E-state index < -0.39 is 0 Å². The third-order valence-electron chi connectivity index (χ3n) is 5.75. The minimum Gasteiger partial charge on any atom is -0.354 e. The van der Waals surface area contributed by atoms with Crippen molar-refractivity contribution in [1.82, 2.24) is 14.9 Å². The van der Waals surface area contributed by atoms with E-state index in [-0.39, 0.29) is 18.0 Å². The van der Waals surface area contributed by atoms with Crippen molar-refractivity contribution in [1.29, 1.82) is 0 Å². The third-order valence-corrected chi connectivity index (χ3v) is 6.91. The van der Waals surface area contributed by atoms with E-state index in [0.717, 1.165) is 48.7 Å². The quantitative estimate of drug-likeness (QED) is 0.800. The number of nitrogens with one attached hydrogen (secondary N) is 1. The largest absolute Gasteiger partial charge is 0.354 e. The van der Waals surface area contributed by atoms with Gasteiger partial charge in [-0.3, -0.25) is 14.2 Å². The Balaban J connectivity index is 1.44. The van der Waals surface area contributed by atoms with Gasteiger partial charge < -0.3 is 5.32 Å². The molecule has 0 aromatic carbocycles. The molecule has 1 N–H and O–H groups in total. The molecular weight excluding hydrogens is 358 g/mol. The molecule has 2 heterocycles. The summed E-state index contributed by atoms with van der Waals surface area (Å²) in [6.07, 6.45) is 12.7. The van der Waals surface area contributed by atoms with Crippen LogP contribution in [0.25, 0.3) is 10.2 Å². The number of hydrogen-bond acceptors (Lipinski definition) is 4. The maximum atomic E-state index is 12.9. The van der Waals surface area contributed by atoms with Gasteiger partial charge in [0, 0.05) is 11.4 Å². The summed E-state index contributed by atoms with van der Waals surface area (Å²) in [6, 6.07) is 0. The second-order valence-corrected chi connectivity index (χ2v) is 9.00. The SMILES string of the molecule is C[C@@H]1CCc2c(sc3ncn(CC(=O)NCCC4=CCCCC4)c(=O)c23)C1. The van der Waals surface area contributed by atoms with Crippen LogP contribution in [0, 0.1) is 5.92 Å². The Hall–Kier alpha value is -1.95. The van der Waals surface area contributed by atoms with Crippen LogP contribution in [0.5, 0.6) is 0 Å². The fraction of sp³-hybridized carbons (Fsp3) is 0.571. The van der Waals surface area contributed by atoms with Gasteiger partial charge in [-0.25, -0.2) is 4.98 Å². The highest BCUT2D eigenvalue weighted by Crippen LogP contribution is 2.35. The normalized spacial score (nSPS) is 19.6. The van der Waals surface area contributed by atoms with Gasteiger partial charge in [0.1, 0.15) is 11.4 Å². The van der Waals surface area contributed by atoms with Gasteiger partial charge in [0.2, 0.25) is 5.91 Å². The lowest BCUT2D eigenvalue weighted by molar-refractivity contribution is -0.121. The Morgan fingerprint density at radius 3 is 3.07 bits per heavy atom. The number of fused-ring (bicyclic) bond motifs is 3. The summed E-state index contributed by atoms with van der Waals surface area (Å²) in [7, 11) is 0. The lowest BCUT2D eigenvalue weighted by Gasteiger charge is -2.17. The predicted molar refractivity (Wildman–Crippen MR) is 109 cm³/mol. The highest BCUT2D eigenvalue weighted by Gasteiger charge is 2.23. The summed E-state index contributed by atoms with van der Waals surface area (Å²) in [5.41, 5.74) is 2.54. The Labute approximate surface area is 163 Å². The van der Waals surface area contributed by atoms with Gasteiger partial charge in [-0.05, 0) is 62.8 Å². The van der Waals surface area contributed by atoms with Crippen LogP contribution >= 0.6 is 11.3 Å². The molecule has 0 fully saturated rings. The van der Waals surface area contributed by atoms with E-state index in [4.69, 9.17) is 0 Å². The number of allylic oxidation sites excluding steroid dienone is 1. The van der Waals surface area contributed by atoms with Crippen molar-refractivity contribution >= 4 is 27.5 Å². The smallest absolute Gasteiger partial charge is 0.262 e. The average Bonchev–Trinajstić information content (AvgIpc) is 3.03. The molecule has 0 bridgehead atoms. The molecule has 0 saturated carbocycles. The van der Waals surface area contributed by atoms with Gasteiger partial charge in [0.25, 0.3) is 5.56 Å². The zero-order chi connectivity index (χ0) is 18.8. The van der Waals surface area contributed by atoms with Gasteiger partial charge >= 0.3 is 0 Å². The maximum Gasteiger partial charge on any atom is 0.262 e. The first-order chi connectivity index (χ1) is 13.1. The molecule has 2 aliphatic rings. The second-order valence-electron chi connectivity index (χ2n) is 7.92. The molecule has 6 heteroatoms. The molecule has 0 saturated heterocycles. The van der Waals surface area contributed by atoms with E-state index in [9.17, 15) is 9.59 Å². The number of thiophene rings is 1. The van der Waals surface area contributed by atoms with Crippen molar-refractivity contribution in [3.63, 3.8) is 0 Å². The predicted octanol–water partition coefficient (Wildman–Crippen LogP) is 3.59. The van der Waals surface area contributed by atoms with Crippen molar-refractivity contribution in [3.05, 3.63) is 38.8 Å². The minimum atomic E-state index is -0.118. The average molecular weight is 386 g/mol. The number of aromatic nitrogens is 2. The Morgan fingerprint density at radius 1 is 1.37 bits per heavy atom. The van der Waals surface area contributed by atoms with E-state index in [1.807, 2.05) is 0 Å². The van der Waals surface area contributed by atoms with E-state index in [1.54, 1.807) is 11.3 Å². The fourth-order valence-corrected chi connectivity index (χ4v) is 5.52. The van der Waals surface area contributed by atoms with E-state index in [2.05, 4.69) is 23.3 Å². The lowest BCUT2D eigenvalue weighted by atomic mass is 9.89. The van der Waals surface area contributed by atoms with E-state index in [0.29, 0.717) is 12.5 Å². The van der Waals surface area contributed by atoms with Gasteiger partial charge in [-0.2, -0.15) is 0 Å². The number of aryl methyl sites for hydroxylation is 1. The highest BCUT2D eigenvalue weighted by molar-refractivity contribution is 7.18. The Morgan fingerprint density at radius 2 is 2.26 bits per heavy atom. The monoisotopic (exact) mass is 385 g/mol. The molecule has 4 rings (SSSR count). The van der Waals surface area contributed by atoms with Crippen LogP contribution in [0.2, 0.25) is 0 Å². The molecule has 0 radical (unpaired) electrons. The lowest BCUT2D eigenvalue weighted by Crippen LogP contribution is -2.33. The highest BCUT2D eigenvalue weighted by atomic mass is 32.1. The summed E-state index contributed by atoms with van der Waals surface area (Å²) in [4.78, 5) is 31.8. The van der Waals surface area contributed by atoms with Gasteiger partial charge in [-0.15, -0.1) is 11.3 Å². The summed E-state index contributed by atoms with van der Waals surface area (Å²) < 4.78 is 1.46. The van der Waals surface area contributed by atoms with Crippen molar-refractivity contribution < 1.29 is 4.79 Å². The first-order valence-corrected chi connectivity index (χ1v) is 10.9. The molecule has 0 aliphatic heterocycles. The first-order valence-electron chi connectivity index (χ1n) is 10.1. The summed E-state index contributed by atoms with van der Waals surface area (Å²) in [5.74, 6) is 0.547. The first kappa shape index (κ1) is 18.4. The van der Waals surface area contributed by atoms with Crippen LogP contribution in [0.1, 0.15) is 55.9 Å². The topological polar surface area (TPSA) is 64.0 Å². The van der Waals surface area contributed by atoms with Gasteiger partial charge in [0.15, 0.2) is 0 Å². The van der Waals surface area contributed by atoms with Crippen LogP contribution in [-0.4, -0.2) is 22.0 Å². The zero-order valence-corrected chi connectivity index (χ0v) is 16.7. The Bertz CT molecular complexity index is 941. The number of carbonyl (C=O) groups is 1. The van der Waals surface area contributed by atoms with Crippen LogP contribution in [-0.2, 0) is 24.2 Å². The minimum absolute atomic E-state index is 0.0435. The number of rotatable bonds is 5. The van der Waals surface area contributed by atoms with Crippen molar-refractivity contribution in [2.24, 2.45) is 5.92 Å². The fourth-order valence-electron chi connectivity index (χ4n) is 4.18. The second kappa shape index (κ2) is 7.97. The van der Waals surface area contributed by atoms with E-state index >= 15 is 0 Å². The molecule has 27 heavy (non-hydrogen) atoms. The standard InChI is InChI=1S/C21H27N3O2S/c1-14-7-8-16-17(11-14)27-20-19(16)21(26)24(13-23-20)12-18(25)22-10-9-15-5-3-2-4-6-15/h5,13-14H,2-4,6-12H2,1H3,(H,22,25)/t14-/m1/s1. The number of nitrogens with zero attached hydrogens (tertiary/aromatic N) is 2. The van der Waals surface area contributed by atoms with Crippen LogP contribution in [0.15, 0.2) is 22.8 Å². The molecule has 5 nitrogen and oxygen atoms in total. The number of carbonyl (C=O) groups excluding carboxylic acids is 1. The van der Waals surface area contributed by atoms with Crippen LogP contribution < -0.4 is 10.9 Å². The molecule has 1 atom stereocenters. The molecular formula is C21H27N3O2S. The van der Waals surface area contributed by atoms with E-state index in [1.165, 1.54) is 39.7 Å². The zero-order valence-electron chi connectivity index (χ0n) is 15.9. The molecule has 2 aliphatic carbocycles. The van der Waals surface area contributed by atoms with Crippen molar-refractivity contribution in [3.8, 4) is 0 Å². The van der Waals surface area contributed by atoms with Gasteiger partial charge in [-0.1, -0.05) is 18.6 Å². The summed E-state index contributed by atoms with van der Waals surface area (Å²) in [6.45, 7) is 2.94. The molecule has 2 aromatic rings. The number of hydrogen-bond donors (Lipinski definition) is 1. The van der Waals surface area contributed by atoms with Gasteiger partial charge in [0.05, 0.1) is 11.7 Å². The third kappa shape index (κ3) is 4.00. The molecule has 0 spiro atoms. The summed E-state index contributed by atoms with van der Waals surface area (Å²) in [5, 5.41) is 3.69. The maximum absolute atomic E-state index is 12.9. The molecule has 144 valence electrons. The number of amides is 1. The summed E-state index contributed by atoms with van der Waals surface area (Å²) >= 11 is 1.64. The van der Waals surface area contributed by atoms with Crippen LogP contribution in [0.4, 0.5) is 0 Å². The molecule has 1 amide bonds. The molecule has 0 unspecified atom stereocenters. The van der Waals surface area contributed by atoms with Crippen molar-refractivity contribution in [2.75, 3.05) is 6.54 Å². The molecule has 2 aromatic heterocycles. The Kier molecular flexibility index (Phi) is 5.43.